The Labute approximate surface area is 152 Å². The summed E-state index contributed by atoms with van der Waals surface area (Å²) in [6.45, 7) is 0. The van der Waals surface area contributed by atoms with Gasteiger partial charge in [0.1, 0.15) is 5.82 Å². The fourth-order valence-electron chi connectivity index (χ4n) is 2.30. The highest BCUT2D eigenvalue weighted by molar-refractivity contribution is 8.00. The van der Waals surface area contributed by atoms with Crippen LogP contribution in [0.5, 0.6) is 0 Å². The van der Waals surface area contributed by atoms with Crippen molar-refractivity contribution in [2.75, 3.05) is 17.7 Å². The maximum absolute atomic E-state index is 12.6. The molecule has 0 radical (unpaired) electrons. The summed E-state index contributed by atoms with van der Waals surface area (Å²) in [5.41, 5.74) is -2.20. The van der Waals surface area contributed by atoms with E-state index in [9.17, 15) is 13.2 Å². The van der Waals surface area contributed by atoms with Gasteiger partial charge in [-0.2, -0.15) is 18.2 Å². The Bertz CT molecular complexity index is 885. The molecule has 0 aliphatic heterocycles. The number of hydrogen-bond donors (Lipinski definition) is 2. The van der Waals surface area contributed by atoms with Gasteiger partial charge in [-0.15, -0.1) is 0 Å². The van der Waals surface area contributed by atoms with Crippen LogP contribution in [0.3, 0.4) is 0 Å². The lowest BCUT2D eigenvalue weighted by molar-refractivity contribution is -0.0328. The third-order valence-corrected chi connectivity index (χ3v) is 4.08. The van der Waals surface area contributed by atoms with Crippen molar-refractivity contribution in [3.8, 4) is 11.3 Å². The first-order chi connectivity index (χ1) is 12.4. The van der Waals surface area contributed by atoms with Crippen LogP contribution >= 0.6 is 11.8 Å². The minimum absolute atomic E-state index is 0.105. The molecule has 0 atom stereocenters. The molecule has 0 spiro atoms. The molecule has 4 nitrogen and oxygen atoms in total. The van der Waals surface area contributed by atoms with Crippen molar-refractivity contribution in [2.45, 2.75) is 10.4 Å². The molecular weight excluding hydrogens is 361 g/mol. The Morgan fingerprint density at radius 2 is 1.69 bits per heavy atom. The van der Waals surface area contributed by atoms with E-state index in [1.165, 1.54) is 12.1 Å². The van der Waals surface area contributed by atoms with E-state index in [4.69, 9.17) is 0 Å². The summed E-state index contributed by atoms with van der Waals surface area (Å²) in [4.78, 5) is 8.83. The van der Waals surface area contributed by atoms with Crippen molar-refractivity contribution >= 4 is 29.2 Å². The molecule has 8 heteroatoms. The van der Waals surface area contributed by atoms with Gasteiger partial charge in [0.05, 0.1) is 5.69 Å². The lowest BCUT2D eigenvalue weighted by Gasteiger charge is -2.11. The molecule has 0 unspecified atom stereocenters. The second-order valence-corrected chi connectivity index (χ2v) is 6.42. The normalized spacial score (nSPS) is 11.2. The van der Waals surface area contributed by atoms with Crippen molar-refractivity contribution in [3.05, 3.63) is 60.7 Å². The second kappa shape index (κ2) is 7.65. The topological polar surface area (TPSA) is 49.8 Å². The van der Waals surface area contributed by atoms with Gasteiger partial charge in [-0.1, -0.05) is 36.4 Å². The highest BCUT2D eigenvalue weighted by Crippen LogP contribution is 2.37. The molecule has 0 aliphatic rings. The summed E-state index contributed by atoms with van der Waals surface area (Å²) in [6.07, 6.45) is 0. The van der Waals surface area contributed by atoms with Crippen LogP contribution in [0.4, 0.5) is 30.6 Å². The summed E-state index contributed by atoms with van der Waals surface area (Å²) >= 11 is -0.152. The Hall–Kier alpha value is -2.74. The zero-order chi connectivity index (χ0) is 18.6. The first-order valence-electron chi connectivity index (χ1n) is 7.68. The van der Waals surface area contributed by atoms with Crippen LogP contribution in [0.1, 0.15) is 0 Å². The summed E-state index contributed by atoms with van der Waals surface area (Å²) in [5.74, 6) is 0.895. The standard InChI is InChI=1S/C18H15F3N4S/c1-22-17-24-15(12-6-3-2-4-7-12)11-16(25-17)23-13-8-5-9-14(10-13)26-18(19,20)21/h2-11H,1H3,(H2,22,23,24,25). The molecule has 1 aromatic heterocycles. The molecule has 0 fully saturated rings. The van der Waals surface area contributed by atoms with Crippen molar-refractivity contribution in [2.24, 2.45) is 0 Å². The Morgan fingerprint density at radius 1 is 0.923 bits per heavy atom. The van der Waals surface area contributed by atoms with Crippen LogP contribution in [0.25, 0.3) is 11.3 Å². The predicted octanol–water partition coefficient (Wildman–Crippen LogP) is 5.54. The number of nitrogens with zero attached hydrogens (tertiary/aromatic N) is 2. The van der Waals surface area contributed by atoms with Crippen LogP contribution in [0, 0.1) is 0 Å². The largest absolute Gasteiger partial charge is 0.446 e. The minimum Gasteiger partial charge on any atom is -0.357 e. The van der Waals surface area contributed by atoms with Crippen LogP contribution in [-0.2, 0) is 0 Å². The van der Waals surface area contributed by atoms with Gasteiger partial charge in [0.15, 0.2) is 0 Å². The number of rotatable bonds is 5. The molecule has 2 N–H and O–H groups in total. The fraction of sp³-hybridized carbons (Fsp3) is 0.111. The fourth-order valence-corrected chi connectivity index (χ4v) is 2.90. The smallest absolute Gasteiger partial charge is 0.357 e. The average Bonchev–Trinajstić information content (AvgIpc) is 2.61. The van der Waals surface area contributed by atoms with E-state index in [0.29, 0.717) is 23.1 Å². The summed E-state index contributed by atoms with van der Waals surface area (Å²) in [5, 5.41) is 5.93. The number of thioether (sulfide) groups is 1. The molecule has 0 amide bonds. The number of alkyl halides is 3. The number of benzene rings is 2. The van der Waals surface area contributed by atoms with Crippen molar-refractivity contribution in [3.63, 3.8) is 0 Å². The molecular formula is C18H15F3N4S. The van der Waals surface area contributed by atoms with Gasteiger partial charge in [-0.25, -0.2) is 4.98 Å². The number of nitrogens with one attached hydrogen (secondary N) is 2. The molecule has 0 saturated carbocycles. The van der Waals surface area contributed by atoms with Gasteiger partial charge in [-0.05, 0) is 30.0 Å². The second-order valence-electron chi connectivity index (χ2n) is 5.28. The van der Waals surface area contributed by atoms with Crippen molar-refractivity contribution in [1.29, 1.82) is 0 Å². The van der Waals surface area contributed by atoms with Crippen molar-refractivity contribution in [1.82, 2.24) is 9.97 Å². The zero-order valence-corrected chi connectivity index (χ0v) is 14.5. The molecule has 134 valence electrons. The maximum atomic E-state index is 12.6. The molecule has 0 saturated heterocycles. The molecule has 0 aliphatic carbocycles. The van der Waals surface area contributed by atoms with Crippen molar-refractivity contribution < 1.29 is 13.2 Å². The van der Waals surface area contributed by atoms with E-state index in [1.807, 2.05) is 30.3 Å². The van der Waals surface area contributed by atoms with E-state index in [-0.39, 0.29) is 16.7 Å². The van der Waals surface area contributed by atoms with Crippen LogP contribution < -0.4 is 10.6 Å². The Balaban J connectivity index is 1.89. The third-order valence-electron chi connectivity index (χ3n) is 3.36. The quantitative estimate of drug-likeness (QED) is 0.573. The Kier molecular flexibility index (Phi) is 5.32. The molecule has 1 heterocycles. The number of anilines is 3. The number of hydrogen-bond acceptors (Lipinski definition) is 5. The van der Waals surface area contributed by atoms with Gasteiger partial charge < -0.3 is 10.6 Å². The highest BCUT2D eigenvalue weighted by atomic mass is 32.2. The molecule has 3 rings (SSSR count). The predicted molar refractivity (Wildman–Crippen MR) is 98.7 cm³/mol. The summed E-state index contributed by atoms with van der Waals surface area (Å²) in [6, 6.07) is 17.4. The van der Waals surface area contributed by atoms with Gasteiger partial charge in [0, 0.05) is 29.3 Å². The lowest BCUT2D eigenvalue weighted by atomic mass is 10.1. The van der Waals surface area contributed by atoms with E-state index < -0.39 is 5.51 Å². The number of aromatic nitrogens is 2. The summed E-state index contributed by atoms with van der Waals surface area (Å²) < 4.78 is 37.7. The molecule has 3 aromatic rings. The van der Waals surface area contributed by atoms with E-state index in [2.05, 4.69) is 20.6 Å². The van der Waals surface area contributed by atoms with E-state index >= 15 is 0 Å². The molecule has 26 heavy (non-hydrogen) atoms. The van der Waals surface area contributed by atoms with E-state index in [1.54, 1.807) is 25.2 Å². The zero-order valence-electron chi connectivity index (χ0n) is 13.7. The van der Waals surface area contributed by atoms with Gasteiger partial charge in [0.2, 0.25) is 5.95 Å². The third kappa shape index (κ3) is 4.89. The maximum Gasteiger partial charge on any atom is 0.446 e. The first kappa shape index (κ1) is 18.1. The number of halogens is 3. The van der Waals surface area contributed by atoms with Crippen LogP contribution in [0.2, 0.25) is 0 Å². The van der Waals surface area contributed by atoms with Crippen LogP contribution in [0.15, 0.2) is 65.6 Å². The van der Waals surface area contributed by atoms with Crippen LogP contribution in [-0.4, -0.2) is 22.5 Å². The molecule has 0 bridgehead atoms. The summed E-state index contributed by atoms with van der Waals surface area (Å²) in [7, 11) is 1.70. The van der Waals surface area contributed by atoms with Gasteiger partial charge in [-0.3, -0.25) is 0 Å². The van der Waals surface area contributed by atoms with E-state index in [0.717, 1.165) is 5.56 Å². The lowest BCUT2D eigenvalue weighted by Crippen LogP contribution is -2.02. The highest BCUT2D eigenvalue weighted by Gasteiger charge is 2.29. The monoisotopic (exact) mass is 376 g/mol. The first-order valence-corrected chi connectivity index (χ1v) is 8.50. The SMILES string of the molecule is CNc1nc(Nc2cccc(SC(F)(F)F)c2)cc(-c2ccccc2)n1. The van der Waals surface area contributed by atoms with Gasteiger partial charge >= 0.3 is 5.51 Å². The van der Waals surface area contributed by atoms with Gasteiger partial charge in [0.25, 0.3) is 0 Å². The average molecular weight is 376 g/mol. The Morgan fingerprint density at radius 3 is 2.38 bits per heavy atom. The molecule has 2 aromatic carbocycles. The minimum atomic E-state index is -4.33.